The lowest BCUT2D eigenvalue weighted by Crippen LogP contribution is -2.31. The standard InChI is InChI=1S/C21H15BrN4O2S/c22-15-11-23-16(29-15)12-24-20(27)18-17(13-7-3-1-4-8-13)19(25-26-21(18)28)14-9-5-2-6-10-14/h1-11H,12H2,(H,24,27)(H,26,28). The highest BCUT2D eigenvalue weighted by atomic mass is 79.9. The Hall–Kier alpha value is -3.10. The second-order valence-corrected chi connectivity index (χ2v) is 8.62. The summed E-state index contributed by atoms with van der Waals surface area (Å²) in [5.41, 5.74) is 2.08. The van der Waals surface area contributed by atoms with Gasteiger partial charge in [0.05, 0.1) is 22.2 Å². The van der Waals surface area contributed by atoms with Crippen LogP contribution in [-0.4, -0.2) is 21.1 Å². The summed E-state index contributed by atoms with van der Waals surface area (Å²) in [5.74, 6) is -0.476. The number of nitrogens with zero attached hydrogens (tertiary/aromatic N) is 2. The number of hydrogen-bond acceptors (Lipinski definition) is 5. The van der Waals surface area contributed by atoms with Crippen molar-refractivity contribution in [3.63, 3.8) is 0 Å². The van der Waals surface area contributed by atoms with E-state index >= 15 is 0 Å². The number of amides is 1. The van der Waals surface area contributed by atoms with Crippen LogP contribution in [-0.2, 0) is 6.54 Å². The van der Waals surface area contributed by atoms with Gasteiger partial charge in [-0.25, -0.2) is 10.1 Å². The van der Waals surface area contributed by atoms with Crippen molar-refractivity contribution in [3.05, 3.63) is 91.6 Å². The molecule has 2 aromatic heterocycles. The van der Waals surface area contributed by atoms with E-state index in [0.29, 0.717) is 11.3 Å². The van der Waals surface area contributed by atoms with Gasteiger partial charge in [-0.05, 0) is 21.5 Å². The van der Waals surface area contributed by atoms with E-state index in [0.717, 1.165) is 19.9 Å². The number of hydrogen-bond donors (Lipinski definition) is 2. The SMILES string of the molecule is O=C(NCc1ncc(Br)s1)c1c(-c2ccccc2)c(-c2ccccc2)n[nH]c1=O. The Labute approximate surface area is 178 Å². The highest BCUT2D eigenvalue weighted by Gasteiger charge is 2.23. The van der Waals surface area contributed by atoms with Crippen molar-refractivity contribution in [2.45, 2.75) is 6.54 Å². The molecule has 144 valence electrons. The van der Waals surface area contributed by atoms with Crippen molar-refractivity contribution in [2.75, 3.05) is 0 Å². The van der Waals surface area contributed by atoms with Crippen molar-refractivity contribution >= 4 is 33.2 Å². The average Bonchev–Trinajstić information content (AvgIpc) is 3.18. The molecule has 2 aromatic carbocycles. The molecule has 0 aliphatic heterocycles. The maximum Gasteiger partial charge on any atom is 0.277 e. The summed E-state index contributed by atoms with van der Waals surface area (Å²) in [4.78, 5) is 29.9. The van der Waals surface area contributed by atoms with Gasteiger partial charge >= 0.3 is 0 Å². The molecule has 0 atom stereocenters. The van der Waals surface area contributed by atoms with Crippen LogP contribution in [0, 0.1) is 0 Å². The number of carbonyl (C=O) groups excluding carboxylic acids is 1. The largest absolute Gasteiger partial charge is 0.345 e. The summed E-state index contributed by atoms with van der Waals surface area (Å²) in [5, 5.41) is 10.3. The Morgan fingerprint density at radius 3 is 2.31 bits per heavy atom. The van der Waals surface area contributed by atoms with Crippen LogP contribution in [0.25, 0.3) is 22.4 Å². The summed E-state index contributed by atoms with van der Waals surface area (Å²) in [6.45, 7) is 0.228. The van der Waals surface area contributed by atoms with Crippen LogP contribution >= 0.6 is 27.3 Å². The summed E-state index contributed by atoms with van der Waals surface area (Å²) in [7, 11) is 0. The van der Waals surface area contributed by atoms with Crippen molar-refractivity contribution < 1.29 is 4.79 Å². The number of thiazole rings is 1. The average molecular weight is 467 g/mol. The second kappa shape index (κ2) is 8.50. The molecule has 1 amide bonds. The maximum atomic E-state index is 13.0. The molecule has 8 heteroatoms. The Morgan fingerprint density at radius 1 is 1.03 bits per heavy atom. The number of aromatic nitrogens is 3. The minimum atomic E-state index is -0.540. The summed E-state index contributed by atoms with van der Waals surface area (Å²) >= 11 is 4.78. The van der Waals surface area contributed by atoms with Crippen LogP contribution < -0.4 is 10.9 Å². The predicted molar refractivity (Wildman–Crippen MR) is 117 cm³/mol. The van der Waals surface area contributed by atoms with Crippen LogP contribution in [0.1, 0.15) is 15.4 Å². The zero-order chi connectivity index (χ0) is 20.2. The topological polar surface area (TPSA) is 87.7 Å². The normalized spacial score (nSPS) is 10.7. The lowest BCUT2D eigenvalue weighted by molar-refractivity contribution is 0.0950. The van der Waals surface area contributed by atoms with Crippen molar-refractivity contribution in [3.8, 4) is 22.4 Å². The molecule has 0 saturated heterocycles. The van der Waals surface area contributed by atoms with E-state index in [1.807, 2.05) is 60.7 Å². The van der Waals surface area contributed by atoms with E-state index in [1.165, 1.54) is 11.3 Å². The van der Waals surface area contributed by atoms with Gasteiger partial charge in [0, 0.05) is 11.1 Å². The van der Waals surface area contributed by atoms with Crippen LogP contribution in [0.5, 0.6) is 0 Å². The van der Waals surface area contributed by atoms with Crippen molar-refractivity contribution in [1.82, 2.24) is 20.5 Å². The molecule has 0 bridgehead atoms. The summed E-state index contributed by atoms with van der Waals surface area (Å²) in [6, 6.07) is 18.8. The minimum Gasteiger partial charge on any atom is -0.345 e. The molecule has 29 heavy (non-hydrogen) atoms. The molecule has 2 heterocycles. The smallest absolute Gasteiger partial charge is 0.277 e. The fourth-order valence-electron chi connectivity index (χ4n) is 2.97. The molecule has 0 unspecified atom stereocenters. The van der Waals surface area contributed by atoms with Crippen molar-refractivity contribution in [1.29, 1.82) is 0 Å². The van der Waals surface area contributed by atoms with E-state index in [4.69, 9.17) is 0 Å². The van der Waals surface area contributed by atoms with Gasteiger partial charge in [-0.1, -0.05) is 60.7 Å². The Balaban J connectivity index is 1.82. The van der Waals surface area contributed by atoms with Gasteiger partial charge in [0.1, 0.15) is 10.6 Å². The molecule has 0 fully saturated rings. The first kappa shape index (κ1) is 19.2. The number of rotatable bonds is 5. The molecule has 4 rings (SSSR count). The Kier molecular flexibility index (Phi) is 5.64. The fraction of sp³-hybridized carbons (Fsp3) is 0.0476. The van der Waals surface area contributed by atoms with Crippen molar-refractivity contribution in [2.24, 2.45) is 0 Å². The number of H-pyrrole nitrogens is 1. The molecule has 6 nitrogen and oxygen atoms in total. The van der Waals surface area contributed by atoms with E-state index in [-0.39, 0.29) is 12.1 Å². The maximum absolute atomic E-state index is 13.0. The summed E-state index contributed by atoms with van der Waals surface area (Å²) < 4.78 is 0.875. The van der Waals surface area contributed by atoms with Crippen LogP contribution in [0.3, 0.4) is 0 Å². The molecule has 0 aliphatic rings. The Bertz CT molecular complexity index is 1210. The highest BCUT2D eigenvalue weighted by Crippen LogP contribution is 2.31. The predicted octanol–water partition coefficient (Wildman–Crippen LogP) is 4.25. The lowest BCUT2D eigenvalue weighted by atomic mass is 9.95. The van der Waals surface area contributed by atoms with Gasteiger partial charge in [0.2, 0.25) is 0 Å². The number of halogens is 1. The molecule has 0 saturated carbocycles. The van der Waals surface area contributed by atoms with E-state index < -0.39 is 11.5 Å². The number of aromatic amines is 1. The first-order valence-corrected chi connectivity index (χ1v) is 10.4. The molecular formula is C21H15BrN4O2S. The molecule has 0 spiro atoms. The third-order valence-corrected chi connectivity index (χ3v) is 5.72. The molecular weight excluding hydrogens is 452 g/mol. The first-order valence-electron chi connectivity index (χ1n) is 8.75. The number of benzene rings is 2. The third-order valence-electron chi connectivity index (χ3n) is 4.25. The van der Waals surface area contributed by atoms with Gasteiger partial charge in [-0.3, -0.25) is 9.59 Å². The fourth-order valence-corrected chi connectivity index (χ4v) is 4.22. The number of carbonyl (C=O) groups is 1. The lowest BCUT2D eigenvalue weighted by Gasteiger charge is -2.13. The van der Waals surface area contributed by atoms with E-state index in [1.54, 1.807) is 6.20 Å². The zero-order valence-electron chi connectivity index (χ0n) is 15.1. The summed E-state index contributed by atoms with van der Waals surface area (Å²) in [6.07, 6.45) is 1.67. The molecule has 0 aliphatic carbocycles. The van der Waals surface area contributed by atoms with Crippen LogP contribution in [0.15, 0.2) is 75.4 Å². The minimum absolute atomic E-state index is 0.0284. The van der Waals surface area contributed by atoms with Gasteiger partial charge in [0.15, 0.2) is 0 Å². The van der Waals surface area contributed by atoms with Gasteiger partial charge < -0.3 is 5.32 Å². The van der Waals surface area contributed by atoms with E-state index in [2.05, 4.69) is 36.4 Å². The second-order valence-electron chi connectivity index (χ2n) is 6.12. The monoisotopic (exact) mass is 466 g/mol. The van der Waals surface area contributed by atoms with Crippen LogP contribution in [0.4, 0.5) is 0 Å². The van der Waals surface area contributed by atoms with Gasteiger partial charge in [-0.2, -0.15) is 5.10 Å². The third kappa shape index (κ3) is 4.18. The Morgan fingerprint density at radius 2 is 1.69 bits per heavy atom. The number of nitrogens with one attached hydrogen (secondary N) is 2. The van der Waals surface area contributed by atoms with Crippen LogP contribution in [0.2, 0.25) is 0 Å². The molecule has 2 N–H and O–H groups in total. The first-order chi connectivity index (χ1) is 14.1. The van der Waals surface area contributed by atoms with Gasteiger partial charge in [-0.15, -0.1) is 11.3 Å². The zero-order valence-corrected chi connectivity index (χ0v) is 17.5. The molecule has 4 aromatic rings. The quantitative estimate of drug-likeness (QED) is 0.460. The van der Waals surface area contributed by atoms with Gasteiger partial charge in [0.25, 0.3) is 11.5 Å². The highest BCUT2D eigenvalue weighted by molar-refractivity contribution is 9.11. The van der Waals surface area contributed by atoms with E-state index in [9.17, 15) is 9.59 Å². The molecule has 0 radical (unpaired) electrons.